The van der Waals surface area contributed by atoms with Crippen LogP contribution in [0.1, 0.15) is 32.6 Å². The number of carbonyl (C=O) groups is 1. The Bertz CT molecular complexity index is 1350. The largest absolute Gasteiger partial charge is 0.382 e. The zero-order valence-corrected chi connectivity index (χ0v) is 22.2. The Kier molecular flexibility index (Phi) is 8.01. The van der Waals surface area contributed by atoms with Gasteiger partial charge in [0.25, 0.3) is 0 Å². The van der Waals surface area contributed by atoms with Crippen LogP contribution in [0.25, 0.3) is 11.0 Å². The molecule has 2 unspecified atom stereocenters. The minimum absolute atomic E-state index is 0.0465. The minimum Gasteiger partial charge on any atom is -0.382 e. The lowest BCUT2D eigenvalue weighted by Crippen LogP contribution is -2.41. The Morgan fingerprint density at radius 3 is 2.76 bits per heavy atom. The van der Waals surface area contributed by atoms with Crippen molar-refractivity contribution in [2.45, 2.75) is 49.6 Å². The molecule has 0 spiro atoms. The highest BCUT2D eigenvalue weighted by atomic mass is 32.2. The molecule has 2 aromatic carbocycles. The summed E-state index contributed by atoms with van der Waals surface area (Å²) < 4.78 is 36.6. The molecule has 3 aromatic rings. The number of benzene rings is 2. The van der Waals surface area contributed by atoms with E-state index in [1.165, 1.54) is 18.2 Å². The van der Waals surface area contributed by atoms with Gasteiger partial charge in [0, 0.05) is 37.5 Å². The van der Waals surface area contributed by atoms with Crippen LogP contribution in [0.3, 0.4) is 0 Å². The Labute approximate surface area is 222 Å². The van der Waals surface area contributed by atoms with Crippen LogP contribution in [-0.2, 0) is 14.9 Å². The lowest BCUT2D eigenvalue weighted by Gasteiger charge is -2.22. The van der Waals surface area contributed by atoms with Crippen LogP contribution in [0, 0.1) is 0 Å². The maximum absolute atomic E-state index is 12.8. The van der Waals surface area contributed by atoms with E-state index in [1.807, 2.05) is 0 Å². The molecule has 2 aliphatic heterocycles. The number of fused-ring (bicyclic) bond motifs is 1. The average molecular weight is 543 g/mol. The molecule has 0 aliphatic carbocycles. The first-order chi connectivity index (χ1) is 18.4. The molecule has 0 bridgehead atoms. The number of rotatable bonds is 10. The van der Waals surface area contributed by atoms with Crippen LogP contribution in [0.2, 0.25) is 0 Å². The van der Waals surface area contributed by atoms with E-state index in [1.54, 1.807) is 24.3 Å². The van der Waals surface area contributed by atoms with Gasteiger partial charge < -0.3 is 24.5 Å². The summed E-state index contributed by atoms with van der Waals surface area (Å²) in [5.74, 6) is 0.392. The van der Waals surface area contributed by atoms with E-state index in [9.17, 15) is 13.2 Å². The summed E-state index contributed by atoms with van der Waals surface area (Å²) in [5, 5.41) is 8.88. The summed E-state index contributed by atoms with van der Waals surface area (Å²) in [4.78, 5) is 22.2. The van der Waals surface area contributed by atoms with Crippen molar-refractivity contribution in [3.8, 4) is 5.75 Å². The minimum atomic E-state index is -4.04. The van der Waals surface area contributed by atoms with Crippen molar-refractivity contribution >= 4 is 38.8 Å². The number of amides is 2. The van der Waals surface area contributed by atoms with Gasteiger partial charge in [-0.2, -0.15) is 8.42 Å². The lowest BCUT2D eigenvalue weighted by molar-refractivity contribution is 0.120. The summed E-state index contributed by atoms with van der Waals surface area (Å²) in [6, 6.07) is 11.1. The van der Waals surface area contributed by atoms with Crippen molar-refractivity contribution in [1.82, 2.24) is 20.2 Å². The first kappa shape index (κ1) is 26.3. The molecule has 3 heterocycles. The van der Waals surface area contributed by atoms with E-state index < -0.39 is 10.1 Å². The number of hydrogen-bond donors (Lipinski definition) is 4. The fourth-order valence-corrected chi connectivity index (χ4v) is 5.88. The fourth-order valence-electron chi connectivity index (χ4n) is 4.95. The van der Waals surface area contributed by atoms with Crippen LogP contribution >= 0.6 is 0 Å². The quantitative estimate of drug-likeness (QED) is 0.286. The number of hydrogen-bond acceptors (Lipinski definition) is 8. The van der Waals surface area contributed by atoms with E-state index in [0.717, 1.165) is 51.1 Å². The van der Waals surface area contributed by atoms with Gasteiger partial charge in [-0.15, -0.1) is 0 Å². The number of nitrogens with zero attached hydrogens (tertiary/aromatic N) is 2. The Hall–Kier alpha value is -3.35. The number of nitrogens with one attached hydrogen (secondary N) is 4. The Balaban J connectivity index is 1.17. The molecule has 4 N–H and O–H groups in total. The maximum atomic E-state index is 12.8. The molecule has 11 nitrogen and oxygen atoms in total. The summed E-state index contributed by atoms with van der Waals surface area (Å²) in [7, 11) is -4.04. The van der Waals surface area contributed by atoms with Crippen LogP contribution in [0.5, 0.6) is 5.75 Å². The number of urea groups is 1. The predicted molar refractivity (Wildman–Crippen MR) is 145 cm³/mol. The number of aromatic amines is 1. The molecule has 1 aromatic heterocycles. The second-order valence-electron chi connectivity index (χ2n) is 9.60. The van der Waals surface area contributed by atoms with Crippen LogP contribution < -0.4 is 20.1 Å². The molecule has 2 saturated heterocycles. The summed E-state index contributed by atoms with van der Waals surface area (Å²) in [6.07, 6.45) is 4.49. The molecule has 2 amide bonds. The SMILES string of the molecule is CCN1CCCC1CNC(=O)Nc1nc2cc(OS(=O)(=O)c3ccc(NCC4CCCO4)cc3)ccc2[nH]1. The van der Waals surface area contributed by atoms with E-state index in [4.69, 9.17) is 8.92 Å². The van der Waals surface area contributed by atoms with Crippen molar-refractivity contribution in [3.63, 3.8) is 0 Å². The number of imidazole rings is 1. The predicted octanol–water partition coefficient (Wildman–Crippen LogP) is 3.53. The number of likely N-dealkylation sites (tertiary alicyclic amines) is 1. The number of anilines is 2. The number of likely N-dealkylation sites (N-methyl/N-ethyl adjacent to an activating group) is 1. The van der Waals surface area contributed by atoms with Crippen molar-refractivity contribution < 1.29 is 22.1 Å². The van der Waals surface area contributed by atoms with Crippen molar-refractivity contribution in [1.29, 1.82) is 0 Å². The van der Waals surface area contributed by atoms with Crippen molar-refractivity contribution in [2.24, 2.45) is 0 Å². The molecule has 2 fully saturated rings. The standard InChI is InChI=1S/C26H34N6O5S/c1-2-32-13-3-5-19(32)16-28-26(33)31-25-29-23-12-9-20(15-24(23)30-25)37-38(34,35)22-10-7-18(8-11-22)27-17-21-6-4-14-36-21/h7-12,15,19,21,27H,2-6,13-14,16-17H2,1H3,(H3,28,29,30,31,33). The number of ether oxygens (including phenoxy) is 1. The maximum Gasteiger partial charge on any atom is 0.339 e. The summed E-state index contributed by atoms with van der Waals surface area (Å²) >= 11 is 0. The van der Waals surface area contributed by atoms with Gasteiger partial charge in [-0.25, -0.2) is 9.78 Å². The Morgan fingerprint density at radius 1 is 1.16 bits per heavy atom. The number of carbonyl (C=O) groups excluding carboxylic acids is 1. The third kappa shape index (κ3) is 6.37. The third-order valence-electron chi connectivity index (χ3n) is 7.00. The van der Waals surface area contributed by atoms with Gasteiger partial charge in [0.15, 0.2) is 0 Å². The highest BCUT2D eigenvalue weighted by Gasteiger charge is 2.23. The van der Waals surface area contributed by atoms with Gasteiger partial charge >= 0.3 is 16.1 Å². The number of H-pyrrole nitrogens is 1. The van der Waals surface area contributed by atoms with E-state index >= 15 is 0 Å². The molecule has 2 atom stereocenters. The van der Waals surface area contributed by atoms with Crippen molar-refractivity contribution in [3.05, 3.63) is 42.5 Å². The van der Waals surface area contributed by atoms with Gasteiger partial charge in [0.05, 0.1) is 17.1 Å². The zero-order chi connectivity index (χ0) is 26.5. The van der Waals surface area contributed by atoms with Gasteiger partial charge in [-0.3, -0.25) is 10.2 Å². The highest BCUT2D eigenvalue weighted by molar-refractivity contribution is 7.87. The lowest BCUT2D eigenvalue weighted by atomic mass is 10.2. The molecular formula is C26H34N6O5S. The monoisotopic (exact) mass is 542 g/mol. The summed E-state index contributed by atoms with van der Waals surface area (Å²) in [5.41, 5.74) is 1.92. The van der Waals surface area contributed by atoms with E-state index in [2.05, 4.69) is 37.7 Å². The topological polar surface area (TPSA) is 138 Å². The molecule has 5 rings (SSSR count). The van der Waals surface area contributed by atoms with Gasteiger partial charge in [0.1, 0.15) is 10.6 Å². The van der Waals surface area contributed by atoms with Crippen LogP contribution in [0.15, 0.2) is 47.4 Å². The van der Waals surface area contributed by atoms with Crippen LogP contribution in [-0.4, -0.2) is 74.2 Å². The molecule has 0 saturated carbocycles. The fraction of sp³-hybridized carbons (Fsp3) is 0.462. The summed E-state index contributed by atoms with van der Waals surface area (Å²) in [6.45, 7) is 6.20. The first-order valence-electron chi connectivity index (χ1n) is 13.1. The smallest absolute Gasteiger partial charge is 0.339 e. The van der Waals surface area contributed by atoms with E-state index in [0.29, 0.717) is 30.2 Å². The second kappa shape index (κ2) is 11.6. The average Bonchev–Trinajstić information content (AvgIpc) is 3.67. The Morgan fingerprint density at radius 2 is 2.00 bits per heavy atom. The van der Waals surface area contributed by atoms with Crippen molar-refractivity contribution in [2.75, 3.05) is 43.4 Å². The normalized spacial score (nSPS) is 20.0. The van der Waals surface area contributed by atoms with E-state index in [-0.39, 0.29) is 28.7 Å². The van der Waals surface area contributed by atoms with Gasteiger partial charge in [-0.05, 0) is 75.2 Å². The highest BCUT2D eigenvalue weighted by Crippen LogP contribution is 2.25. The molecule has 12 heteroatoms. The first-order valence-corrected chi connectivity index (χ1v) is 14.5. The molecular weight excluding hydrogens is 508 g/mol. The molecule has 38 heavy (non-hydrogen) atoms. The third-order valence-corrected chi connectivity index (χ3v) is 8.26. The van der Waals surface area contributed by atoms with Gasteiger partial charge in [-0.1, -0.05) is 6.92 Å². The number of aromatic nitrogens is 2. The molecule has 204 valence electrons. The van der Waals surface area contributed by atoms with Crippen LogP contribution in [0.4, 0.5) is 16.4 Å². The van der Waals surface area contributed by atoms with Gasteiger partial charge in [0.2, 0.25) is 5.95 Å². The second-order valence-corrected chi connectivity index (χ2v) is 11.1. The molecule has 2 aliphatic rings. The molecule has 0 radical (unpaired) electrons. The zero-order valence-electron chi connectivity index (χ0n) is 21.4.